The summed E-state index contributed by atoms with van der Waals surface area (Å²) in [4.78, 5) is 12.0. The van der Waals surface area contributed by atoms with E-state index in [1.165, 1.54) is 0 Å². The van der Waals surface area contributed by atoms with Crippen LogP contribution in [0.3, 0.4) is 0 Å². The van der Waals surface area contributed by atoms with Gasteiger partial charge in [0.2, 0.25) is 0 Å². The molecule has 0 aliphatic heterocycles. The molecule has 4 nitrogen and oxygen atoms in total. The normalized spacial score (nSPS) is 11.7. The molecule has 0 aliphatic rings. The van der Waals surface area contributed by atoms with Crippen LogP contribution in [0.4, 0.5) is 0 Å². The summed E-state index contributed by atoms with van der Waals surface area (Å²) >= 11 is 0. The van der Waals surface area contributed by atoms with Crippen LogP contribution in [0.5, 0.6) is 5.75 Å². The van der Waals surface area contributed by atoms with Crippen molar-refractivity contribution in [2.45, 2.75) is 6.10 Å². The molecule has 0 bridgehead atoms. The van der Waals surface area contributed by atoms with Crippen LogP contribution in [0.15, 0.2) is 54.6 Å². The van der Waals surface area contributed by atoms with E-state index in [1.807, 2.05) is 30.3 Å². The van der Waals surface area contributed by atoms with Gasteiger partial charge in [-0.25, -0.2) is 0 Å². The highest BCUT2D eigenvalue weighted by molar-refractivity contribution is 5.94. The standard InChI is InChI=1S/C16H17NO3/c1-20-14-9-5-8-13(10-14)16(19)17-11-15(18)12-6-3-2-4-7-12/h2-10,15,18H,11H2,1H3,(H,17,19). The summed E-state index contributed by atoms with van der Waals surface area (Å²) in [6.07, 6.45) is -0.717. The van der Waals surface area contributed by atoms with Crippen LogP contribution in [-0.2, 0) is 0 Å². The number of aliphatic hydroxyl groups is 1. The fraction of sp³-hybridized carbons (Fsp3) is 0.188. The average molecular weight is 271 g/mol. The highest BCUT2D eigenvalue weighted by Gasteiger charge is 2.10. The Balaban J connectivity index is 1.95. The van der Waals surface area contributed by atoms with E-state index in [4.69, 9.17) is 4.74 Å². The molecule has 0 fully saturated rings. The van der Waals surface area contributed by atoms with Crippen LogP contribution in [0.25, 0.3) is 0 Å². The number of ether oxygens (including phenoxy) is 1. The van der Waals surface area contributed by atoms with E-state index in [-0.39, 0.29) is 12.5 Å². The zero-order chi connectivity index (χ0) is 14.4. The molecular formula is C16H17NO3. The fourth-order valence-electron chi connectivity index (χ4n) is 1.85. The maximum atomic E-state index is 12.0. The van der Waals surface area contributed by atoms with Crippen molar-refractivity contribution in [2.24, 2.45) is 0 Å². The first kappa shape index (κ1) is 14.1. The van der Waals surface area contributed by atoms with Crippen molar-refractivity contribution in [1.82, 2.24) is 5.32 Å². The van der Waals surface area contributed by atoms with Crippen molar-refractivity contribution in [1.29, 1.82) is 0 Å². The van der Waals surface area contributed by atoms with Crippen LogP contribution in [0.1, 0.15) is 22.0 Å². The largest absolute Gasteiger partial charge is 0.497 e. The molecule has 0 spiro atoms. The number of carbonyl (C=O) groups excluding carboxylic acids is 1. The molecule has 1 amide bonds. The summed E-state index contributed by atoms with van der Waals surface area (Å²) in [6, 6.07) is 16.1. The predicted octanol–water partition coefficient (Wildman–Crippen LogP) is 2.16. The SMILES string of the molecule is COc1cccc(C(=O)NCC(O)c2ccccc2)c1. The van der Waals surface area contributed by atoms with Crippen molar-refractivity contribution in [3.05, 3.63) is 65.7 Å². The molecule has 0 aromatic heterocycles. The van der Waals surface area contributed by atoms with Gasteiger partial charge >= 0.3 is 0 Å². The minimum absolute atomic E-state index is 0.167. The minimum Gasteiger partial charge on any atom is -0.497 e. The molecule has 1 unspecified atom stereocenters. The van der Waals surface area contributed by atoms with Gasteiger partial charge in [-0.05, 0) is 23.8 Å². The zero-order valence-electron chi connectivity index (χ0n) is 11.2. The number of amides is 1. The number of benzene rings is 2. The molecule has 20 heavy (non-hydrogen) atoms. The topological polar surface area (TPSA) is 58.6 Å². The average Bonchev–Trinajstić information content (AvgIpc) is 2.53. The van der Waals surface area contributed by atoms with Gasteiger partial charge in [-0.15, -0.1) is 0 Å². The molecule has 0 aliphatic carbocycles. The van der Waals surface area contributed by atoms with Gasteiger partial charge in [0.25, 0.3) is 5.91 Å². The summed E-state index contributed by atoms with van der Waals surface area (Å²) in [5, 5.41) is 12.7. The number of rotatable bonds is 5. The van der Waals surface area contributed by atoms with Gasteiger partial charge in [0.05, 0.1) is 13.2 Å². The summed E-state index contributed by atoms with van der Waals surface area (Å²) in [6.45, 7) is 0.167. The molecule has 0 saturated heterocycles. The Morgan fingerprint density at radius 3 is 2.65 bits per heavy atom. The molecule has 2 N–H and O–H groups in total. The second-order valence-corrected chi connectivity index (χ2v) is 4.37. The molecular weight excluding hydrogens is 254 g/mol. The van der Waals surface area contributed by atoms with Crippen molar-refractivity contribution >= 4 is 5.91 Å². The van der Waals surface area contributed by atoms with E-state index in [0.29, 0.717) is 11.3 Å². The lowest BCUT2D eigenvalue weighted by Crippen LogP contribution is -2.28. The molecule has 0 radical (unpaired) electrons. The lowest BCUT2D eigenvalue weighted by atomic mass is 10.1. The Morgan fingerprint density at radius 2 is 1.95 bits per heavy atom. The van der Waals surface area contributed by atoms with Crippen LogP contribution in [0, 0.1) is 0 Å². The Hall–Kier alpha value is -2.33. The second kappa shape index (κ2) is 6.73. The third kappa shape index (κ3) is 3.59. The van der Waals surface area contributed by atoms with Crippen molar-refractivity contribution in [3.8, 4) is 5.75 Å². The number of methoxy groups -OCH3 is 1. The van der Waals surface area contributed by atoms with Gasteiger partial charge in [0.15, 0.2) is 0 Å². The van der Waals surface area contributed by atoms with E-state index in [0.717, 1.165) is 5.56 Å². The lowest BCUT2D eigenvalue weighted by Gasteiger charge is -2.12. The van der Waals surface area contributed by atoms with Crippen LogP contribution < -0.4 is 10.1 Å². The number of carbonyl (C=O) groups is 1. The van der Waals surface area contributed by atoms with Gasteiger partial charge in [-0.2, -0.15) is 0 Å². The summed E-state index contributed by atoms with van der Waals surface area (Å²) < 4.78 is 5.07. The van der Waals surface area contributed by atoms with E-state index in [1.54, 1.807) is 31.4 Å². The lowest BCUT2D eigenvalue weighted by molar-refractivity contribution is 0.0916. The van der Waals surface area contributed by atoms with E-state index < -0.39 is 6.10 Å². The number of aliphatic hydroxyl groups excluding tert-OH is 1. The van der Waals surface area contributed by atoms with Gasteiger partial charge in [0, 0.05) is 12.1 Å². The van der Waals surface area contributed by atoms with E-state index in [2.05, 4.69) is 5.32 Å². The van der Waals surface area contributed by atoms with Crippen molar-refractivity contribution in [2.75, 3.05) is 13.7 Å². The molecule has 2 aromatic carbocycles. The van der Waals surface area contributed by atoms with Gasteiger partial charge in [0.1, 0.15) is 5.75 Å². The zero-order valence-corrected chi connectivity index (χ0v) is 11.2. The van der Waals surface area contributed by atoms with Crippen LogP contribution in [0.2, 0.25) is 0 Å². The monoisotopic (exact) mass is 271 g/mol. The Morgan fingerprint density at radius 1 is 1.20 bits per heavy atom. The summed E-state index contributed by atoms with van der Waals surface area (Å²) in [7, 11) is 1.55. The highest BCUT2D eigenvalue weighted by Crippen LogP contribution is 2.13. The fourth-order valence-corrected chi connectivity index (χ4v) is 1.85. The Kier molecular flexibility index (Phi) is 4.74. The van der Waals surface area contributed by atoms with Gasteiger partial charge in [-0.3, -0.25) is 4.79 Å². The minimum atomic E-state index is -0.717. The molecule has 2 aromatic rings. The first-order valence-electron chi connectivity index (χ1n) is 6.36. The third-order valence-corrected chi connectivity index (χ3v) is 2.97. The molecule has 0 saturated carbocycles. The quantitative estimate of drug-likeness (QED) is 0.876. The number of hydrogen-bond acceptors (Lipinski definition) is 3. The van der Waals surface area contributed by atoms with Crippen molar-refractivity contribution in [3.63, 3.8) is 0 Å². The maximum absolute atomic E-state index is 12.0. The first-order chi connectivity index (χ1) is 9.70. The maximum Gasteiger partial charge on any atom is 0.251 e. The van der Waals surface area contributed by atoms with E-state index >= 15 is 0 Å². The molecule has 4 heteroatoms. The van der Waals surface area contributed by atoms with Crippen LogP contribution in [-0.4, -0.2) is 24.7 Å². The van der Waals surface area contributed by atoms with Gasteiger partial charge in [-0.1, -0.05) is 36.4 Å². The first-order valence-corrected chi connectivity index (χ1v) is 6.36. The van der Waals surface area contributed by atoms with Crippen molar-refractivity contribution < 1.29 is 14.6 Å². The predicted molar refractivity (Wildman–Crippen MR) is 76.7 cm³/mol. The number of nitrogens with one attached hydrogen (secondary N) is 1. The van der Waals surface area contributed by atoms with E-state index in [9.17, 15) is 9.90 Å². The Bertz CT molecular complexity index is 569. The van der Waals surface area contributed by atoms with Crippen LogP contribution >= 0.6 is 0 Å². The molecule has 104 valence electrons. The third-order valence-electron chi connectivity index (χ3n) is 2.97. The highest BCUT2D eigenvalue weighted by atomic mass is 16.5. The number of hydrogen-bond donors (Lipinski definition) is 2. The molecule has 1 atom stereocenters. The Labute approximate surface area is 118 Å². The summed E-state index contributed by atoms with van der Waals surface area (Å²) in [5.74, 6) is 0.389. The summed E-state index contributed by atoms with van der Waals surface area (Å²) in [5.41, 5.74) is 1.28. The second-order valence-electron chi connectivity index (χ2n) is 4.37. The smallest absolute Gasteiger partial charge is 0.251 e. The van der Waals surface area contributed by atoms with Gasteiger partial charge < -0.3 is 15.2 Å². The molecule has 2 rings (SSSR count). The molecule has 0 heterocycles.